The van der Waals surface area contributed by atoms with Gasteiger partial charge in [0.15, 0.2) is 0 Å². The zero-order chi connectivity index (χ0) is 14.5. The van der Waals surface area contributed by atoms with Crippen LogP contribution in [0.2, 0.25) is 0 Å². The Labute approximate surface area is 112 Å². The van der Waals surface area contributed by atoms with Crippen LogP contribution in [-0.4, -0.2) is 41.4 Å². The summed E-state index contributed by atoms with van der Waals surface area (Å²) in [7, 11) is -0.804. The lowest BCUT2D eigenvalue weighted by atomic mass is 10.1. The third-order valence-electron chi connectivity index (χ3n) is 2.68. The molecule has 0 aliphatic carbocycles. The molecule has 0 fully saturated rings. The van der Waals surface area contributed by atoms with Gasteiger partial charge >= 0.3 is 0 Å². The van der Waals surface area contributed by atoms with Crippen LogP contribution >= 0.6 is 0 Å². The average Bonchev–Trinajstić information content (AvgIpc) is 2.37. The SMILES string of the molecule is COC[C@](C)(CNS(=O)(=O)c1cccc(F)c1)OC. The molecule has 0 heterocycles. The topological polar surface area (TPSA) is 64.6 Å². The van der Waals surface area contributed by atoms with Crippen LogP contribution in [0.5, 0.6) is 0 Å². The van der Waals surface area contributed by atoms with Crippen molar-refractivity contribution in [3.63, 3.8) is 0 Å². The molecule has 0 aromatic heterocycles. The normalized spacial score (nSPS) is 15.2. The van der Waals surface area contributed by atoms with Gasteiger partial charge in [-0.1, -0.05) is 6.07 Å². The van der Waals surface area contributed by atoms with E-state index in [0.717, 1.165) is 6.07 Å². The highest BCUT2D eigenvalue weighted by Crippen LogP contribution is 2.13. The maximum Gasteiger partial charge on any atom is 0.240 e. The molecule has 0 spiro atoms. The van der Waals surface area contributed by atoms with Crippen molar-refractivity contribution in [1.82, 2.24) is 4.72 Å². The van der Waals surface area contributed by atoms with Crippen LogP contribution in [0.1, 0.15) is 6.92 Å². The number of methoxy groups -OCH3 is 2. The zero-order valence-electron chi connectivity index (χ0n) is 11.1. The van der Waals surface area contributed by atoms with E-state index in [4.69, 9.17) is 9.47 Å². The molecule has 0 aliphatic heterocycles. The van der Waals surface area contributed by atoms with Crippen molar-refractivity contribution in [2.24, 2.45) is 0 Å². The molecule has 1 aromatic carbocycles. The predicted octanol–water partition coefficient (Wildman–Crippen LogP) is 1.16. The quantitative estimate of drug-likeness (QED) is 0.818. The number of nitrogens with one attached hydrogen (secondary N) is 1. The number of hydrogen-bond acceptors (Lipinski definition) is 4. The minimum absolute atomic E-state index is 0.0240. The second-order valence-electron chi connectivity index (χ2n) is 4.37. The third kappa shape index (κ3) is 4.54. The largest absolute Gasteiger partial charge is 0.382 e. The van der Waals surface area contributed by atoms with E-state index in [1.54, 1.807) is 6.92 Å². The van der Waals surface area contributed by atoms with Gasteiger partial charge in [-0.15, -0.1) is 0 Å². The zero-order valence-corrected chi connectivity index (χ0v) is 12.0. The van der Waals surface area contributed by atoms with Gasteiger partial charge in [0.25, 0.3) is 0 Å². The highest BCUT2D eigenvalue weighted by atomic mass is 32.2. The summed E-state index contributed by atoms with van der Waals surface area (Å²) in [5, 5.41) is 0. The van der Waals surface area contributed by atoms with E-state index < -0.39 is 21.4 Å². The maximum absolute atomic E-state index is 13.0. The van der Waals surface area contributed by atoms with Crippen LogP contribution in [0, 0.1) is 5.82 Å². The highest BCUT2D eigenvalue weighted by molar-refractivity contribution is 7.89. The summed E-state index contributed by atoms with van der Waals surface area (Å²) >= 11 is 0. The minimum atomic E-state index is -3.77. The lowest BCUT2D eigenvalue weighted by Gasteiger charge is -2.27. The number of sulfonamides is 1. The first-order chi connectivity index (χ1) is 8.83. The summed E-state index contributed by atoms with van der Waals surface area (Å²) in [4.78, 5) is -0.122. The summed E-state index contributed by atoms with van der Waals surface area (Å²) in [6.07, 6.45) is 0. The maximum atomic E-state index is 13.0. The van der Waals surface area contributed by atoms with E-state index in [1.807, 2.05) is 0 Å². The van der Waals surface area contributed by atoms with Gasteiger partial charge in [-0.05, 0) is 25.1 Å². The van der Waals surface area contributed by atoms with Crippen molar-refractivity contribution >= 4 is 10.0 Å². The second kappa shape index (κ2) is 6.42. The van der Waals surface area contributed by atoms with Crippen molar-refractivity contribution in [2.45, 2.75) is 17.4 Å². The minimum Gasteiger partial charge on any atom is -0.382 e. The van der Waals surface area contributed by atoms with Gasteiger partial charge in [-0.3, -0.25) is 0 Å². The molecule has 0 aliphatic rings. The summed E-state index contributed by atoms with van der Waals surface area (Å²) in [5.74, 6) is -0.603. The predicted molar refractivity (Wildman–Crippen MR) is 68.9 cm³/mol. The van der Waals surface area contributed by atoms with E-state index in [1.165, 1.54) is 32.4 Å². The Morgan fingerprint density at radius 2 is 2.05 bits per heavy atom. The fraction of sp³-hybridized carbons (Fsp3) is 0.500. The van der Waals surface area contributed by atoms with Crippen molar-refractivity contribution in [3.05, 3.63) is 30.1 Å². The Hall–Kier alpha value is -1.02. The number of halogens is 1. The smallest absolute Gasteiger partial charge is 0.240 e. The Morgan fingerprint density at radius 1 is 1.37 bits per heavy atom. The van der Waals surface area contributed by atoms with Gasteiger partial charge < -0.3 is 9.47 Å². The fourth-order valence-corrected chi connectivity index (χ4v) is 2.64. The van der Waals surface area contributed by atoms with Crippen LogP contribution in [0.15, 0.2) is 29.2 Å². The van der Waals surface area contributed by atoms with Crippen molar-refractivity contribution in [2.75, 3.05) is 27.4 Å². The van der Waals surface area contributed by atoms with Gasteiger partial charge in [0.05, 0.1) is 11.5 Å². The molecule has 0 unspecified atom stereocenters. The van der Waals surface area contributed by atoms with Crippen molar-refractivity contribution < 1.29 is 22.3 Å². The molecule has 1 N–H and O–H groups in total. The van der Waals surface area contributed by atoms with Gasteiger partial charge in [-0.2, -0.15) is 0 Å². The third-order valence-corrected chi connectivity index (χ3v) is 4.08. The molecular formula is C12H18FNO4S. The summed E-state index contributed by atoms with van der Waals surface area (Å²) in [6.45, 7) is 1.97. The molecule has 108 valence electrons. The lowest BCUT2D eigenvalue weighted by Crippen LogP contribution is -2.45. The van der Waals surface area contributed by atoms with Crippen LogP contribution in [0.3, 0.4) is 0 Å². The Balaban J connectivity index is 2.81. The summed E-state index contributed by atoms with van der Waals surface area (Å²) in [6, 6.07) is 4.81. The second-order valence-corrected chi connectivity index (χ2v) is 6.14. The molecule has 0 saturated heterocycles. The van der Waals surface area contributed by atoms with E-state index in [-0.39, 0.29) is 18.0 Å². The van der Waals surface area contributed by atoms with Crippen molar-refractivity contribution in [3.8, 4) is 0 Å². The number of benzene rings is 1. The molecule has 0 amide bonds. The molecule has 0 bridgehead atoms. The van der Waals surface area contributed by atoms with Gasteiger partial charge in [0.1, 0.15) is 11.4 Å². The number of hydrogen-bond donors (Lipinski definition) is 1. The van der Waals surface area contributed by atoms with E-state index in [9.17, 15) is 12.8 Å². The molecule has 1 aromatic rings. The Bertz CT molecular complexity index is 520. The molecular weight excluding hydrogens is 273 g/mol. The Kier molecular flexibility index (Phi) is 5.42. The van der Waals surface area contributed by atoms with E-state index in [0.29, 0.717) is 0 Å². The first-order valence-electron chi connectivity index (χ1n) is 5.62. The fourth-order valence-electron chi connectivity index (χ4n) is 1.45. The molecule has 5 nitrogen and oxygen atoms in total. The van der Waals surface area contributed by atoms with Gasteiger partial charge in [0, 0.05) is 20.8 Å². The van der Waals surface area contributed by atoms with Crippen LogP contribution < -0.4 is 4.72 Å². The molecule has 0 saturated carbocycles. The molecule has 7 heteroatoms. The molecule has 0 radical (unpaired) electrons. The van der Waals surface area contributed by atoms with E-state index in [2.05, 4.69) is 4.72 Å². The van der Waals surface area contributed by atoms with Crippen LogP contribution in [-0.2, 0) is 19.5 Å². The standard InChI is InChI=1S/C12H18FNO4S/c1-12(18-3,9-17-2)8-14-19(15,16)11-6-4-5-10(13)7-11/h4-7,14H,8-9H2,1-3H3/t12-/m0/s1. The summed E-state index contributed by atoms with van der Waals surface area (Å²) in [5.41, 5.74) is -0.783. The first-order valence-corrected chi connectivity index (χ1v) is 7.11. The highest BCUT2D eigenvalue weighted by Gasteiger charge is 2.26. The monoisotopic (exact) mass is 291 g/mol. The lowest BCUT2D eigenvalue weighted by molar-refractivity contribution is -0.0460. The van der Waals surface area contributed by atoms with Gasteiger partial charge in [-0.25, -0.2) is 17.5 Å². The van der Waals surface area contributed by atoms with Crippen LogP contribution in [0.4, 0.5) is 4.39 Å². The van der Waals surface area contributed by atoms with Crippen LogP contribution in [0.25, 0.3) is 0 Å². The van der Waals surface area contributed by atoms with E-state index >= 15 is 0 Å². The first kappa shape index (κ1) is 16.0. The van der Waals surface area contributed by atoms with Crippen molar-refractivity contribution in [1.29, 1.82) is 0 Å². The number of ether oxygens (including phenoxy) is 2. The average molecular weight is 291 g/mol. The number of rotatable bonds is 7. The van der Waals surface area contributed by atoms with Gasteiger partial charge in [0.2, 0.25) is 10.0 Å². The molecule has 1 rings (SSSR count). The molecule has 1 atom stereocenters. The summed E-state index contributed by atoms with van der Waals surface area (Å²) < 4.78 is 49.5. The Morgan fingerprint density at radius 3 is 2.58 bits per heavy atom. The molecule has 19 heavy (non-hydrogen) atoms.